The summed E-state index contributed by atoms with van der Waals surface area (Å²) in [7, 11) is 0. The third-order valence-corrected chi connectivity index (χ3v) is 5.01. The van der Waals surface area contributed by atoms with Gasteiger partial charge in [0.15, 0.2) is 0 Å². The van der Waals surface area contributed by atoms with Crippen molar-refractivity contribution in [2.75, 3.05) is 17.7 Å². The maximum absolute atomic E-state index is 12.3. The van der Waals surface area contributed by atoms with Crippen LogP contribution in [0.1, 0.15) is 33.3 Å². The molecule has 3 rings (SSSR count). The van der Waals surface area contributed by atoms with E-state index in [1.807, 2.05) is 37.3 Å². The van der Waals surface area contributed by atoms with E-state index in [9.17, 15) is 4.79 Å². The van der Waals surface area contributed by atoms with Crippen LogP contribution in [0.2, 0.25) is 0 Å². The van der Waals surface area contributed by atoms with Crippen molar-refractivity contribution in [3.63, 3.8) is 0 Å². The van der Waals surface area contributed by atoms with Crippen LogP contribution in [0.3, 0.4) is 0 Å². The second kappa shape index (κ2) is 9.13. The largest absolute Gasteiger partial charge is 0.492 e. The Kier molecular flexibility index (Phi) is 6.59. The van der Waals surface area contributed by atoms with Crippen LogP contribution in [0.25, 0.3) is 11.5 Å². The summed E-state index contributed by atoms with van der Waals surface area (Å²) in [5.74, 6) is 1.07. The van der Waals surface area contributed by atoms with Gasteiger partial charge in [0, 0.05) is 5.56 Å². The van der Waals surface area contributed by atoms with Crippen molar-refractivity contribution in [1.82, 2.24) is 10.2 Å². The molecule has 0 aliphatic rings. The molecule has 0 unspecified atom stereocenters. The minimum atomic E-state index is -0.170. The highest BCUT2D eigenvalue weighted by Gasteiger charge is 2.15. The number of benzene rings is 2. The first-order valence-electron chi connectivity index (χ1n) is 9.45. The minimum absolute atomic E-state index is 0.0858. The van der Waals surface area contributed by atoms with Gasteiger partial charge in [-0.15, -0.1) is 10.2 Å². The van der Waals surface area contributed by atoms with Crippen LogP contribution in [0, 0.1) is 0 Å². The zero-order valence-corrected chi connectivity index (χ0v) is 17.9. The molecule has 1 N–H and O–H groups in total. The van der Waals surface area contributed by atoms with Crippen LogP contribution >= 0.6 is 11.8 Å². The van der Waals surface area contributed by atoms with Crippen LogP contribution in [-0.2, 0) is 10.2 Å². The number of para-hydroxylation sites is 2. The fourth-order valence-corrected chi connectivity index (χ4v) is 3.23. The lowest BCUT2D eigenvalue weighted by molar-refractivity contribution is -0.113. The van der Waals surface area contributed by atoms with Gasteiger partial charge < -0.3 is 14.5 Å². The molecule has 152 valence electrons. The Labute approximate surface area is 175 Å². The van der Waals surface area contributed by atoms with Gasteiger partial charge in [-0.2, -0.15) is 0 Å². The summed E-state index contributed by atoms with van der Waals surface area (Å²) in [6.45, 7) is 8.94. The van der Waals surface area contributed by atoms with Crippen molar-refractivity contribution in [1.29, 1.82) is 0 Å². The Balaban J connectivity index is 1.59. The SMILES string of the molecule is CCOc1ccccc1NC(=O)CSc1nnc(-c2ccc(C(C)(C)C)cc2)o1. The van der Waals surface area contributed by atoms with E-state index in [1.54, 1.807) is 6.07 Å². The summed E-state index contributed by atoms with van der Waals surface area (Å²) >= 11 is 1.20. The van der Waals surface area contributed by atoms with Crippen LogP contribution < -0.4 is 10.1 Å². The molecule has 0 saturated heterocycles. The molecule has 0 atom stereocenters. The molecule has 2 aromatic carbocycles. The number of rotatable bonds is 7. The van der Waals surface area contributed by atoms with E-state index < -0.39 is 0 Å². The Morgan fingerprint density at radius 3 is 2.52 bits per heavy atom. The molecule has 29 heavy (non-hydrogen) atoms. The number of nitrogens with one attached hydrogen (secondary N) is 1. The third-order valence-electron chi connectivity index (χ3n) is 4.19. The van der Waals surface area contributed by atoms with E-state index >= 15 is 0 Å². The molecular weight excluding hydrogens is 386 g/mol. The summed E-state index contributed by atoms with van der Waals surface area (Å²) < 4.78 is 11.2. The molecule has 6 nitrogen and oxygen atoms in total. The Bertz CT molecular complexity index is 962. The van der Waals surface area contributed by atoms with E-state index in [1.165, 1.54) is 17.3 Å². The molecule has 0 fully saturated rings. The number of carbonyl (C=O) groups excluding carboxylic acids is 1. The quantitative estimate of drug-likeness (QED) is 0.541. The molecule has 1 heterocycles. The summed E-state index contributed by atoms with van der Waals surface area (Å²) in [6, 6.07) is 15.4. The lowest BCUT2D eigenvalue weighted by atomic mass is 9.87. The zero-order chi connectivity index (χ0) is 20.9. The summed E-state index contributed by atoms with van der Waals surface area (Å²) in [4.78, 5) is 12.3. The molecule has 0 bridgehead atoms. The first-order chi connectivity index (χ1) is 13.9. The lowest BCUT2D eigenvalue weighted by Crippen LogP contribution is -2.14. The third kappa shape index (κ3) is 5.60. The molecule has 0 spiro atoms. The highest BCUT2D eigenvalue weighted by atomic mass is 32.2. The van der Waals surface area contributed by atoms with Crippen LogP contribution in [0.5, 0.6) is 5.75 Å². The predicted octanol–water partition coefficient (Wildman–Crippen LogP) is 5.16. The van der Waals surface area contributed by atoms with Gasteiger partial charge in [-0.25, -0.2) is 0 Å². The summed E-state index contributed by atoms with van der Waals surface area (Å²) in [5.41, 5.74) is 2.82. The number of hydrogen-bond donors (Lipinski definition) is 1. The van der Waals surface area contributed by atoms with Gasteiger partial charge in [0.2, 0.25) is 11.8 Å². The highest BCUT2D eigenvalue weighted by molar-refractivity contribution is 7.99. The van der Waals surface area contributed by atoms with E-state index in [2.05, 4.69) is 48.4 Å². The molecule has 1 aromatic heterocycles. The predicted molar refractivity (Wildman–Crippen MR) is 115 cm³/mol. The van der Waals surface area contributed by atoms with Gasteiger partial charge in [0.1, 0.15) is 5.75 Å². The van der Waals surface area contributed by atoms with Crippen molar-refractivity contribution in [2.45, 2.75) is 38.3 Å². The lowest BCUT2D eigenvalue weighted by Gasteiger charge is -2.18. The number of ether oxygens (including phenoxy) is 1. The molecular formula is C22H25N3O3S. The second-order valence-electron chi connectivity index (χ2n) is 7.47. The van der Waals surface area contributed by atoms with E-state index in [0.717, 1.165) is 5.56 Å². The fourth-order valence-electron chi connectivity index (χ4n) is 2.66. The Morgan fingerprint density at radius 1 is 1.10 bits per heavy atom. The normalized spacial score (nSPS) is 11.3. The molecule has 1 amide bonds. The van der Waals surface area contributed by atoms with Gasteiger partial charge >= 0.3 is 0 Å². The van der Waals surface area contributed by atoms with Crippen LogP contribution in [0.15, 0.2) is 58.2 Å². The molecule has 3 aromatic rings. The number of thioether (sulfide) groups is 1. The number of hydrogen-bond acceptors (Lipinski definition) is 6. The van der Waals surface area contributed by atoms with Crippen molar-refractivity contribution in [3.8, 4) is 17.2 Å². The van der Waals surface area contributed by atoms with Gasteiger partial charge in [0.05, 0.1) is 18.0 Å². The standard InChI is InChI=1S/C22H25N3O3S/c1-5-27-18-9-7-6-8-17(18)23-19(26)14-29-21-25-24-20(28-21)15-10-12-16(13-11-15)22(2,3)4/h6-13H,5,14H2,1-4H3,(H,23,26). The first kappa shape index (κ1) is 20.9. The molecule has 0 saturated carbocycles. The Morgan fingerprint density at radius 2 is 1.83 bits per heavy atom. The molecule has 7 heteroatoms. The van der Waals surface area contributed by atoms with Crippen molar-refractivity contribution >= 4 is 23.4 Å². The average molecular weight is 412 g/mol. The van der Waals surface area contributed by atoms with Crippen molar-refractivity contribution in [2.24, 2.45) is 0 Å². The number of anilines is 1. The average Bonchev–Trinajstić information content (AvgIpc) is 3.17. The smallest absolute Gasteiger partial charge is 0.277 e. The molecule has 0 aliphatic heterocycles. The Hall–Kier alpha value is -2.80. The van der Waals surface area contributed by atoms with Crippen LogP contribution in [0.4, 0.5) is 5.69 Å². The van der Waals surface area contributed by atoms with Crippen LogP contribution in [-0.4, -0.2) is 28.5 Å². The van der Waals surface area contributed by atoms with Crippen molar-refractivity contribution in [3.05, 3.63) is 54.1 Å². The second-order valence-corrected chi connectivity index (χ2v) is 8.39. The minimum Gasteiger partial charge on any atom is -0.492 e. The van der Waals surface area contributed by atoms with E-state index in [4.69, 9.17) is 9.15 Å². The van der Waals surface area contributed by atoms with Gasteiger partial charge in [0.25, 0.3) is 5.22 Å². The maximum Gasteiger partial charge on any atom is 0.277 e. The topological polar surface area (TPSA) is 77.2 Å². The number of amides is 1. The number of aromatic nitrogens is 2. The number of carbonyl (C=O) groups is 1. The van der Waals surface area contributed by atoms with Crippen molar-refractivity contribution < 1.29 is 13.9 Å². The van der Waals surface area contributed by atoms with Gasteiger partial charge in [-0.3, -0.25) is 4.79 Å². The molecule has 0 aliphatic carbocycles. The number of nitrogens with zero attached hydrogens (tertiary/aromatic N) is 2. The zero-order valence-electron chi connectivity index (χ0n) is 17.1. The summed E-state index contributed by atoms with van der Waals surface area (Å²) in [6.07, 6.45) is 0. The first-order valence-corrected chi connectivity index (χ1v) is 10.4. The van der Waals surface area contributed by atoms with E-state index in [0.29, 0.717) is 29.2 Å². The van der Waals surface area contributed by atoms with Gasteiger partial charge in [-0.05, 0) is 42.2 Å². The highest BCUT2D eigenvalue weighted by Crippen LogP contribution is 2.28. The monoisotopic (exact) mass is 411 g/mol. The summed E-state index contributed by atoms with van der Waals surface area (Å²) in [5, 5.41) is 11.3. The molecule has 0 radical (unpaired) electrons. The van der Waals surface area contributed by atoms with E-state index in [-0.39, 0.29) is 17.1 Å². The van der Waals surface area contributed by atoms with Gasteiger partial charge in [-0.1, -0.05) is 56.8 Å². The fraction of sp³-hybridized carbons (Fsp3) is 0.318. The maximum atomic E-state index is 12.3.